The van der Waals surface area contributed by atoms with Gasteiger partial charge in [-0.15, -0.1) is 0 Å². The van der Waals surface area contributed by atoms with Crippen LogP contribution in [0.1, 0.15) is 34.7 Å². The van der Waals surface area contributed by atoms with Gasteiger partial charge in [0.25, 0.3) is 15.9 Å². The predicted molar refractivity (Wildman–Crippen MR) is 80.7 cm³/mol. The number of furan rings is 1. The Morgan fingerprint density at radius 1 is 1.18 bits per heavy atom. The van der Waals surface area contributed by atoms with Crippen molar-refractivity contribution in [3.8, 4) is 0 Å². The van der Waals surface area contributed by atoms with Gasteiger partial charge in [0.15, 0.2) is 5.44 Å². The summed E-state index contributed by atoms with van der Waals surface area (Å²) in [5.74, 6) is -0.653. The van der Waals surface area contributed by atoms with Crippen molar-refractivity contribution in [2.45, 2.75) is 25.2 Å². The average molecular weight is 323 g/mol. The molecule has 0 aliphatic heterocycles. The van der Waals surface area contributed by atoms with Gasteiger partial charge in [-0.1, -0.05) is 25.1 Å². The Hall–Kier alpha value is -2.12. The van der Waals surface area contributed by atoms with Crippen molar-refractivity contribution in [1.82, 2.24) is 4.72 Å². The molecule has 2 rings (SSSR count). The summed E-state index contributed by atoms with van der Waals surface area (Å²) >= 11 is 0. The van der Waals surface area contributed by atoms with Crippen molar-refractivity contribution >= 4 is 15.9 Å². The number of rotatable bonds is 5. The summed E-state index contributed by atoms with van der Waals surface area (Å²) in [6, 6.07) is 11.2. The van der Waals surface area contributed by atoms with Gasteiger partial charge in [-0.3, -0.25) is 4.79 Å². The van der Waals surface area contributed by atoms with E-state index in [1.807, 2.05) is 4.72 Å². The fraction of sp³-hybridized carbons (Fsp3) is 0.267. The van der Waals surface area contributed by atoms with Gasteiger partial charge in [0.05, 0.1) is 5.92 Å². The van der Waals surface area contributed by atoms with E-state index >= 15 is 0 Å². The van der Waals surface area contributed by atoms with E-state index in [-0.39, 0.29) is 5.56 Å². The summed E-state index contributed by atoms with van der Waals surface area (Å²) in [5, 5.41) is 10.0. The number of aryl methyl sites for hydroxylation is 1. The summed E-state index contributed by atoms with van der Waals surface area (Å²) in [4.78, 5) is 11.9. The highest BCUT2D eigenvalue weighted by molar-refractivity contribution is 7.90. The van der Waals surface area contributed by atoms with E-state index in [0.717, 1.165) is 0 Å². The second kappa shape index (κ2) is 6.33. The molecule has 0 saturated heterocycles. The highest BCUT2D eigenvalue weighted by Gasteiger charge is 2.33. The van der Waals surface area contributed by atoms with Crippen LogP contribution in [0.2, 0.25) is 0 Å². The van der Waals surface area contributed by atoms with E-state index < -0.39 is 27.3 Å². The third-order valence-corrected chi connectivity index (χ3v) is 4.74. The Labute approximate surface area is 128 Å². The molecule has 7 heteroatoms. The van der Waals surface area contributed by atoms with Crippen molar-refractivity contribution in [2.24, 2.45) is 0 Å². The monoisotopic (exact) mass is 323 g/mol. The number of carbonyl (C=O) groups is 1. The Bertz CT molecular complexity index is 751. The second-order valence-corrected chi connectivity index (χ2v) is 6.75. The molecule has 1 heterocycles. The summed E-state index contributed by atoms with van der Waals surface area (Å²) in [7, 11) is -4.25. The number of benzene rings is 1. The SMILES string of the molecule is Cc1ccc(C(C)C(O)S(=O)(=O)NC(=O)c2ccccc2)o1. The number of amides is 1. The molecule has 1 amide bonds. The van der Waals surface area contributed by atoms with E-state index in [1.165, 1.54) is 19.1 Å². The van der Waals surface area contributed by atoms with Crippen LogP contribution in [0.3, 0.4) is 0 Å². The van der Waals surface area contributed by atoms with Crippen LogP contribution in [-0.2, 0) is 10.0 Å². The minimum Gasteiger partial charge on any atom is -0.466 e. The Morgan fingerprint density at radius 3 is 2.36 bits per heavy atom. The molecule has 0 fully saturated rings. The number of nitrogens with one attached hydrogen (secondary N) is 1. The largest absolute Gasteiger partial charge is 0.466 e. The fourth-order valence-corrected chi connectivity index (χ4v) is 3.11. The van der Waals surface area contributed by atoms with Gasteiger partial charge in [-0.25, -0.2) is 13.1 Å². The minimum absolute atomic E-state index is 0.194. The van der Waals surface area contributed by atoms with Gasteiger partial charge in [-0.2, -0.15) is 0 Å². The van der Waals surface area contributed by atoms with E-state index in [4.69, 9.17) is 4.42 Å². The maximum Gasteiger partial charge on any atom is 0.264 e. The zero-order valence-corrected chi connectivity index (χ0v) is 13.0. The molecule has 0 bridgehead atoms. The van der Waals surface area contributed by atoms with Gasteiger partial charge in [0, 0.05) is 5.56 Å². The topological polar surface area (TPSA) is 96.6 Å². The van der Waals surface area contributed by atoms with Crippen molar-refractivity contribution in [2.75, 3.05) is 0 Å². The molecule has 1 aromatic heterocycles. The van der Waals surface area contributed by atoms with Crippen LogP contribution < -0.4 is 4.72 Å². The van der Waals surface area contributed by atoms with Crippen LogP contribution in [-0.4, -0.2) is 24.9 Å². The first-order valence-corrected chi connectivity index (χ1v) is 8.21. The van der Waals surface area contributed by atoms with Gasteiger partial charge in [0.2, 0.25) is 0 Å². The summed E-state index contributed by atoms with van der Waals surface area (Å²) < 4.78 is 31.4. The molecule has 6 nitrogen and oxygen atoms in total. The maximum absolute atomic E-state index is 12.1. The smallest absolute Gasteiger partial charge is 0.264 e. The number of hydrogen-bond acceptors (Lipinski definition) is 5. The molecule has 1 aromatic carbocycles. The third kappa shape index (κ3) is 3.55. The van der Waals surface area contributed by atoms with Crippen LogP contribution in [0.4, 0.5) is 0 Å². The highest BCUT2D eigenvalue weighted by atomic mass is 32.2. The van der Waals surface area contributed by atoms with Crippen LogP contribution >= 0.6 is 0 Å². The first kappa shape index (κ1) is 16.3. The molecule has 22 heavy (non-hydrogen) atoms. The molecule has 0 aliphatic rings. The highest BCUT2D eigenvalue weighted by Crippen LogP contribution is 2.24. The lowest BCUT2D eigenvalue weighted by molar-refractivity contribution is 0.0977. The fourth-order valence-electron chi connectivity index (χ4n) is 1.95. The summed E-state index contributed by atoms with van der Waals surface area (Å²) in [5.41, 5.74) is -1.61. The van der Waals surface area contributed by atoms with Gasteiger partial charge >= 0.3 is 0 Å². The predicted octanol–water partition coefficient (Wildman–Crippen LogP) is 1.77. The molecule has 2 atom stereocenters. The zero-order chi connectivity index (χ0) is 16.3. The molecule has 118 valence electrons. The normalized spacial score (nSPS) is 14.3. The lowest BCUT2D eigenvalue weighted by atomic mass is 10.1. The molecular weight excluding hydrogens is 306 g/mol. The van der Waals surface area contributed by atoms with E-state index in [0.29, 0.717) is 11.5 Å². The quantitative estimate of drug-likeness (QED) is 0.874. The van der Waals surface area contributed by atoms with Crippen LogP contribution in [0.25, 0.3) is 0 Å². The number of aliphatic hydroxyl groups is 1. The Morgan fingerprint density at radius 2 is 1.82 bits per heavy atom. The van der Waals surface area contributed by atoms with E-state index in [1.54, 1.807) is 37.3 Å². The summed E-state index contributed by atoms with van der Waals surface area (Å²) in [6.07, 6.45) is 0. The van der Waals surface area contributed by atoms with E-state index in [9.17, 15) is 18.3 Å². The molecule has 0 radical (unpaired) electrons. The van der Waals surface area contributed by atoms with Crippen LogP contribution in [0, 0.1) is 6.92 Å². The Kier molecular flexibility index (Phi) is 4.68. The number of sulfonamides is 1. The van der Waals surface area contributed by atoms with Gasteiger partial charge < -0.3 is 9.52 Å². The average Bonchev–Trinajstić information content (AvgIpc) is 2.92. The molecule has 0 saturated carbocycles. The molecule has 0 spiro atoms. The lowest BCUT2D eigenvalue weighted by Gasteiger charge is -2.17. The van der Waals surface area contributed by atoms with Crippen molar-refractivity contribution in [3.63, 3.8) is 0 Å². The molecular formula is C15H17NO5S. The standard InChI is InChI=1S/C15H17NO5S/c1-10-8-9-13(21-10)11(2)15(18)22(19,20)16-14(17)12-6-4-3-5-7-12/h3-9,11,15,18H,1-2H3,(H,16,17). The molecule has 2 unspecified atom stereocenters. The third-order valence-electron chi connectivity index (χ3n) is 3.23. The van der Waals surface area contributed by atoms with E-state index in [2.05, 4.69) is 0 Å². The molecule has 2 aromatic rings. The second-order valence-electron chi connectivity index (χ2n) is 4.97. The van der Waals surface area contributed by atoms with Crippen molar-refractivity contribution < 1.29 is 22.7 Å². The first-order valence-electron chi connectivity index (χ1n) is 6.66. The zero-order valence-electron chi connectivity index (χ0n) is 12.2. The lowest BCUT2D eigenvalue weighted by Crippen LogP contribution is -2.40. The molecule has 2 N–H and O–H groups in total. The number of hydrogen-bond donors (Lipinski definition) is 2. The van der Waals surface area contributed by atoms with Crippen LogP contribution in [0.5, 0.6) is 0 Å². The number of aliphatic hydroxyl groups excluding tert-OH is 1. The van der Waals surface area contributed by atoms with Gasteiger partial charge in [0.1, 0.15) is 11.5 Å². The van der Waals surface area contributed by atoms with Crippen LogP contribution in [0.15, 0.2) is 46.9 Å². The van der Waals surface area contributed by atoms with Gasteiger partial charge in [-0.05, 0) is 31.2 Å². The summed E-state index contributed by atoms with van der Waals surface area (Å²) in [6.45, 7) is 3.23. The first-order chi connectivity index (χ1) is 10.3. The number of carbonyl (C=O) groups excluding carboxylic acids is 1. The van der Waals surface area contributed by atoms with Crippen molar-refractivity contribution in [3.05, 3.63) is 59.5 Å². The minimum atomic E-state index is -4.25. The Balaban J connectivity index is 2.14. The van der Waals surface area contributed by atoms with Crippen molar-refractivity contribution in [1.29, 1.82) is 0 Å². The molecule has 0 aliphatic carbocycles. The maximum atomic E-state index is 12.1.